The van der Waals surface area contributed by atoms with E-state index < -0.39 is 12.0 Å². The van der Waals surface area contributed by atoms with Gasteiger partial charge in [0.05, 0.1) is 23.3 Å². The summed E-state index contributed by atoms with van der Waals surface area (Å²) in [6.45, 7) is 3.23. The van der Waals surface area contributed by atoms with Crippen molar-refractivity contribution >= 4 is 23.6 Å². The molecule has 0 spiro atoms. The van der Waals surface area contributed by atoms with Gasteiger partial charge in [0.2, 0.25) is 0 Å². The zero-order valence-corrected chi connectivity index (χ0v) is 11.4. The quantitative estimate of drug-likeness (QED) is 0.742. The van der Waals surface area contributed by atoms with Crippen LogP contribution in [-0.2, 0) is 11.3 Å². The summed E-state index contributed by atoms with van der Waals surface area (Å²) < 4.78 is 1.19. The first-order valence-corrected chi connectivity index (χ1v) is 5.94. The lowest BCUT2D eigenvalue weighted by Crippen LogP contribution is -2.21. The minimum atomic E-state index is -1.02. The number of nitrogens with zero attached hydrogens (tertiary/aromatic N) is 5. The number of hydrogen-bond donors (Lipinski definition) is 3. The molecule has 2 amide bonds. The fraction of sp³-hybridized carbons (Fsp3) is 0.273. The van der Waals surface area contributed by atoms with Crippen LogP contribution < -0.4 is 10.6 Å². The van der Waals surface area contributed by atoms with Crippen LogP contribution in [-0.4, -0.2) is 42.1 Å². The molecule has 2 heterocycles. The maximum atomic E-state index is 11.7. The second-order valence-electron chi connectivity index (χ2n) is 4.21. The molecule has 0 unspecified atom stereocenters. The molecule has 10 nitrogen and oxygen atoms in total. The Balaban J connectivity index is 1.96. The lowest BCUT2D eigenvalue weighted by atomic mass is 10.4. The van der Waals surface area contributed by atoms with Crippen LogP contribution in [0.3, 0.4) is 0 Å². The molecule has 3 N–H and O–H groups in total. The van der Waals surface area contributed by atoms with E-state index >= 15 is 0 Å². The minimum absolute atomic E-state index is 0.0773. The molecule has 0 aromatic carbocycles. The molecule has 21 heavy (non-hydrogen) atoms. The van der Waals surface area contributed by atoms with E-state index in [-0.39, 0.29) is 12.5 Å². The Morgan fingerprint density at radius 3 is 2.67 bits per heavy atom. The van der Waals surface area contributed by atoms with Gasteiger partial charge in [-0.3, -0.25) is 14.8 Å². The van der Waals surface area contributed by atoms with Gasteiger partial charge in [0.1, 0.15) is 6.54 Å². The molecule has 0 saturated carbocycles. The molecule has 0 atom stereocenters. The van der Waals surface area contributed by atoms with Gasteiger partial charge in [-0.2, -0.15) is 10.2 Å². The second-order valence-corrected chi connectivity index (χ2v) is 4.21. The molecule has 2 aromatic rings. The van der Waals surface area contributed by atoms with Crippen LogP contribution in [0.2, 0.25) is 0 Å². The molecule has 0 bridgehead atoms. The Labute approximate surface area is 119 Å². The number of carbonyl (C=O) groups is 2. The third kappa shape index (κ3) is 3.96. The van der Waals surface area contributed by atoms with Gasteiger partial charge in [-0.15, -0.1) is 5.10 Å². The number of carboxylic acids is 1. The summed E-state index contributed by atoms with van der Waals surface area (Å²) in [7, 11) is 0. The van der Waals surface area contributed by atoms with Crippen molar-refractivity contribution in [3.63, 3.8) is 0 Å². The average molecular weight is 291 g/mol. The van der Waals surface area contributed by atoms with E-state index in [1.54, 1.807) is 13.8 Å². The molecular formula is C11H13N7O3. The number of aryl methyl sites for hydroxylation is 2. The van der Waals surface area contributed by atoms with E-state index in [2.05, 4.69) is 30.9 Å². The summed E-state index contributed by atoms with van der Waals surface area (Å²) in [6.07, 6.45) is 2.73. The van der Waals surface area contributed by atoms with Gasteiger partial charge in [0.15, 0.2) is 0 Å². The molecule has 2 rings (SSSR count). The first-order chi connectivity index (χ1) is 9.94. The van der Waals surface area contributed by atoms with E-state index in [1.807, 2.05) is 0 Å². The lowest BCUT2D eigenvalue weighted by molar-refractivity contribution is -0.137. The van der Waals surface area contributed by atoms with Crippen molar-refractivity contribution in [3.8, 4) is 0 Å². The van der Waals surface area contributed by atoms with Crippen molar-refractivity contribution in [1.29, 1.82) is 0 Å². The number of rotatable bonds is 4. The number of hydrogen-bond acceptors (Lipinski definition) is 6. The molecule has 110 valence electrons. The Morgan fingerprint density at radius 1 is 1.24 bits per heavy atom. The first kappa shape index (κ1) is 14.4. The maximum Gasteiger partial charge on any atom is 0.326 e. The van der Waals surface area contributed by atoms with E-state index in [0.717, 1.165) is 0 Å². The zero-order valence-electron chi connectivity index (χ0n) is 11.4. The standard InChI is InChI=1S/C11H13N7O3/c1-6-7(2)16-17-10(13-6)15-11(21)14-8-3-12-18(4-8)5-9(19)20/h3-4H,5H2,1-2H3,(H,19,20)(H2,13,14,15,17,21). The smallest absolute Gasteiger partial charge is 0.326 e. The lowest BCUT2D eigenvalue weighted by Gasteiger charge is -2.05. The topological polar surface area (TPSA) is 135 Å². The third-order valence-corrected chi connectivity index (χ3v) is 2.51. The molecule has 0 aliphatic heterocycles. The van der Waals surface area contributed by atoms with Gasteiger partial charge in [0, 0.05) is 6.20 Å². The fourth-order valence-corrected chi connectivity index (χ4v) is 1.43. The maximum absolute atomic E-state index is 11.7. The van der Waals surface area contributed by atoms with E-state index in [9.17, 15) is 9.59 Å². The molecule has 0 fully saturated rings. The van der Waals surface area contributed by atoms with Gasteiger partial charge in [-0.1, -0.05) is 0 Å². The largest absolute Gasteiger partial charge is 0.480 e. The van der Waals surface area contributed by atoms with E-state index in [1.165, 1.54) is 17.1 Å². The normalized spacial score (nSPS) is 10.2. The van der Waals surface area contributed by atoms with Crippen molar-refractivity contribution in [2.24, 2.45) is 0 Å². The van der Waals surface area contributed by atoms with Crippen molar-refractivity contribution in [2.75, 3.05) is 10.6 Å². The zero-order chi connectivity index (χ0) is 15.4. The molecule has 0 saturated heterocycles. The number of anilines is 2. The van der Waals surface area contributed by atoms with Gasteiger partial charge in [0.25, 0.3) is 5.95 Å². The highest BCUT2D eigenvalue weighted by Gasteiger charge is 2.09. The van der Waals surface area contributed by atoms with Crippen LogP contribution in [0.5, 0.6) is 0 Å². The first-order valence-electron chi connectivity index (χ1n) is 5.94. The Morgan fingerprint density at radius 2 is 2.00 bits per heavy atom. The molecular weight excluding hydrogens is 278 g/mol. The van der Waals surface area contributed by atoms with Gasteiger partial charge >= 0.3 is 12.0 Å². The minimum Gasteiger partial charge on any atom is -0.480 e. The van der Waals surface area contributed by atoms with Crippen LogP contribution in [0.4, 0.5) is 16.4 Å². The van der Waals surface area contributed by atoms with E-state index in [0.29, 0.717) is 17.1 Å². The highest BCUT2D eigenvalue weighted by molar-refractivity contribution is 5.98. The van der Waals surface area contributed by atoms with Crippen LogP contribution in [0.15, 0.2) is 12.4 Å². The summed E-state index contributed by atoms with van der Waals surface area (Å²) in [4.78, 5) is 26.3. The number of aromatic nitrogens is 5. The molecule has 0 aliphatic rings. The summed E-state index contributed by atoms with van der Waals surface area (Å²) >= 11 is 0. The van der Waals surface area contributed by atoms with Gasteiger partial charge in [-0.25, -0.2) is 9.78 Å². The summed E-state index contributed by atoms with van der Waals surface area (Å²) in [5.74, 6) is -0.947. The number of amides is 2. The highest BCUT2D eigenvalue weighted by atomic mass is 16.4. The van der Waals surface area contributed by atoms with Crippen molar-refractivity contribution < 1.29 is 14.7 Å². The van der Waals surface area contributed by atoms with Crippen LogP contribution in [0.25, 0.3) is 0 Å². The fourth-order valence-electron chi connectivity index (χ4n) is 1.43. The van der Waals surface area contributed by atoms with Gasteiger partial charge < -0.3 is 10.4 Å². The number of aliphatic carboxylic acids is 1. The third-order valence-electron chi connectivity index (χ3n) is 2.51. The summed E-state index contributed by atoms with van der Waals surface area (Å²) in [6, 6.07) is -0.574. The van der Waals surface area contributed by atoms with Crippen molar-refractivity contribution in [3.05, 3.63) is 23.8 Å². The summed E-state index contributed by atoms with van der Waals surface area (Å²) in [5, 5.41) is 24.9. The van der Waals surface area contributed by atoms with Crippen molar-refractivity contribution in [1.82, 2.24) is 25.0 Å². The summed E-state index contributed by atoms with van der Waals surface area (Å²) in [5.41, 5.74) is 1.69. The van der Waals surface area contributed by atoms with Crippen LogP contribution in [0.1, 0.15) is 11.4 Å². The Hall–Kier alpha value is -3.04. The van der Waals surface area contributed by atoms with Crippen LogP contribution in [0, 0.1) is 13.8 Å². The monoisotopic (exact) mass is 291 g/mol. The SMILES string of the molecule is Cc1nnc(NC(=O)Nc2cnn(CC(=O)O)c2)nc1C. The van der Waals surface area contributed by atoms with Crippen LogP contribution >= 0.6 is 0 Å². The predicted molar refractivity (Wildman–Crippen MR) is 71.8 cm³/mol. The average Bonchev–Trinajstić information content (AvgIpc) is 2.80. The number of carboxylic acid groups (broad SMARTS) is 1. The van der Waals surface area contributed by atoms with Gasteiger partial charge in [-0.05, 0) is 13.8 Å². The predicted octanol–water partition coefficient (Wildman–Crippen LogP) is 0.414. The highest BCUT2D eigenvalue weighted by Crippen LogP contribution is 2.06. The number of nitrogens with one attached hydrogen (secondary N) is 2. The molecule has 0 aliphatic carbocycles. The number of carbonyl (C=O) groups excluding carboxylic acids is 1. The second kappa shape index (κ2) is 5.94. The van der Waals surface area contributed by atoms with Crippen molar-refractivity contribution in [2.45, 2.75) is 20.4 Å². The molecule has 10 heteroatoms. The number of urea groups is 1. The molecule has 0 radical (unpaired) electrons. The molecule has 2 aromatic heterocycles. The Kier molecular flexibility index (Phi) is 4.07. The van der Waals surface area contributed by atoms with E-state index in [4.69, 9.17) is 5.11 Å². The Bertz CT molecular complexity index is 682.